The summed E-state index contributed by atoms with van der Waals surface area (Å²) >= 11 is 0. The van der Waals surface area contributed by atoms with Crippen LogP contribution in [0.2, 0.25) is 0 Å². The van der Waals surface area contributed by atoms with Crippen LogP contribution >= 0.6 is 0 Å². The smallest absolute Gasteiger partial charge is 0.115 e. The molecule has 0 saturated carbocycles. The molecule has 2 saturated heterocycles. The fraction of sp³-hybridized carbons (Fsp3) is 1.00. The molecular formula is C11H20FNO2. The third-order valence-electron chi connectivity index (χ3n) is 3.97. The summed E-state index contributed by atoms with van der Waals surface area (Å²) in [5.74, 6) is 0. The van der Waals surface area contributed by atoms with Crippen LogP contribution in [0, 0.1) is 0 Å². The van der Waals surface area contributed by atoms with Crippen molar-refractivity contribution < 1.29 is 14.6 Å². The zero-order valence-corrected chi connectivity index (χ0v) is 9.41. The van der Waals surface area contributed by atoms with Crippen LogP contribution in [0.1, 0.15) is 33.1 Å². The maximum atomic E-state index is 13.4. The molecule has 2 heterocycles. The molecular weight excluding hydrogens is 197 g/mol. The summed E-state index contributed by atoms with van der Waals surface area (Å²) in [5.41, 5.74) is -1.22. The summed E-state index contributed by atoms with van der Waals surface area (Å²) in [6, 6.07) is -0.0228. The fourth-order valence-corrected chi connectivity index (χ4v) is 3.23. The highest BCUT2D eigenvalue weighted by atomic mass is 19.1. The van der Waals surface area contributed by atoms with E-state index in [1.54, 1.807) is 13.8 Å². The van der Waals surface area contributed by atoms with E-state index in [2.05, 4.69) is 0 Å². The summed E-state index contributed by atoms with van der Waals surface area (Å²) < 4.78 is 13.4. The highest BCUT2D eigenvalue weighted by Crippen LogP contribution is 2.45. The van der Waals surface area contributed by atoms with Crippen molar-refractivity contribution in [3.63, 3.8) is 0 Å². The molecule has 3 nitrogen and oxygen atoms in total. The van der Waals surface area contributed by atoms with Crippen molar-refractivity contribution in [2.45, 2.75) is 56.5 Å². The summed E-state index contributed by atoms with van der Waals surface area (Å²) in [4.78, 5) is 1.98. The number of aliphatic hydroxyl groups is 2. The molecule has 2 N–H and O–H groups in total. The van der Waals surface area contributed by atoms with E-state index in [0.717, 1.165) is 12.8 Å². The lowest BCUT2D eigenvalue weighted by Crippen LogP contribution is -2.52. The number of hydrogen-bond acceptors (Lipinski definition) is 3. The predicted molar refractivity (Wildman–Crippen MR) is 55.4 cm³/mol. The highest BCUT2D eigenvalue weighted by molar-refractivity contribution is 5.10. The van der Waals surface area contributed by atoms with Gasteiger partial charge in [-0.1, -0.05) is 0 Å². The van der Waals surface area contributed by atoms with Gasteiger partial charge in [0.05, 0.1) is 12.2 Å². The van der Waals surface area contributed by atoms with Gasteiger partial charge < -0.3 is 10.2 Å². The van der Waals surface area contributed by atoms with Crippen molar-refractivity contribution in [3.05, 3.63) is 0 Å². The van der Waals surface area contributed by atoms with E-state index >= 15 is 0 Å². The van der Waals surface area contributed by atoms with E-state index < -0.39 is 17.3 Å². The van der Waals surface area contributed by atoms with Gasteiger partial charge in [-0.15, -0.1) is 0 Å². The second-order valence-corrected chi connectivity index (χ2v) is 5.54. The van der Waals surface area contributed by atoms with E-state index in [4.69, 9.17) is 0 Å². The SMILES string of the molecule is CC(C)(O)C1CCC2(CO)C[C@@H](F)CN12. The molecule has 0 aromatic rings. The van der Waals surface area contributed by atoms with Crippen molar-refractivity contribution in [1.82, 2.24) is 4.90 Å². The lowest BCUT2D eigenvalue weighted by atomic mass is 9.93. The van der Waals surface area contributed by atoms with Gasteiger partial charge in [0, 0.05) is 24.5 Å². The standard InChI is InChI=1S/C11H20FNO2/c1-10(2,15)9-3-4-11(7-14)5-8(12)6-13(9)11/h8-9,14-15H,3-7H2,1-2H3/t8-,9?,11?/m1/s1. The van der Waals surface area contributed by atoms with E-state index in [1.807, 2.05) is 4.90 Å². The van der Waals surface area contributed by atoms with Crippen LogP contribution in [0.3, 0.4) is 0 Å². The van der Waals surface area contributed by atoms with Crippen LogP contribution in [0.5, 0.6) is 0 Å². The van der Waals surface area contributed by atoms with Crippen molar-refractivity contribution >= 4 is 0 Å². The van der Waals surface area contributed by atoms with Crippen LogP contribution in [0.25, 0.3) is 0 Å². The van der Waals surface area contributed by atoms with Crippen LogP contribution in [-0.4, -0.2) is 51.6 Å². The van der Waals surface area contributed by atoms with Crippen molar-refractivity contribution in [3.8, 4) is 0 Å². The minimum Gasteiger partial charge on any atom is -0.394 e. The van der Waals surface area contributed by atoms with E-state index in [0.29, 0.717) is 13.0 Å². The number of rotatable bonds is 2. The average Bonchev–Trinajstić information content (AvgIpc) is 2.56. The van der Waals surface area contributed by atoms with Gasteiger partial charge in [0.25, 0.3) is 0 Å². The first-order valence-corrected chi connectivity index (χ1v) is 5.63. The Kier molecular flexibility index (Phi) is 2.56. The zero-order valence-electron chi connectivity index (χ0n) is 9.41. The Morgan fingerprint density at radius 3 is 2.73 bits per heavy atom. The first-order valence-electron chi connectivity index (χ1n) is 5.63. The van der Waals surface area contributed by atoms with Gasteiger partial charge in [0.2, 0.25) is 0 Å². The maximum absolute atomic E-state index is 13.4. The molecule has 0 aliphatic carbocycles. The topological polar surface area (TPSA) is 43.7 Å². The van der Waals surface area contributed by atoms with E-state index in [9.17, 15) is 14.6 Å². The third kappa shape index (κ3) is 1.69. The van der Waals surface area contributed by atoms with E-state index in [1.165, 1.54) is 0 Å². The van der Waals surface area contributed by atoms with E-state index in [-0.39, 0.29) is 12.6 Å². The molecule has 2 unspecified atom stereocenters. The highest BCUT2D eigenvalue weighted by Gasteiger charge is 2.55. The summed E-state index contributed by atoms with van der Waals surface area (Å²) in [7, 11) is 0. The molecule has 0 amide bonds. The van der Waals surface area contributed by atoms with Gasteiger partial charge >= 0.3 is 0 Å². The summed E-state index contributed by atoms with van der Waals surface area (Å²) in [6.07, 6.45) is 1.19. The predicted octanol–water partition coefficient (Wildman–Crippen LogP) is 0.695. The van der Waals surface area contributed by atoms with Gasteiger partial charge in [-0.25, -0.2) is 4.39 Å². The van der Waals surface area contributed by atoms with Gasteiger partial charge in [0.15, 0.2) is 0 Å². The Balaban J connectivity index is 2.22. The average molecular weight is 217 g/mol. The molecule has 2 rings (SSSR count). The Morgan fingerprint density at radius 1 is 1.53 bits per heavy atom. The van der Waals surface area contributed by atoms with Crippen molar-refractivity contribution in [2.24, 2.45) is 0 Å². The summed E-state index contributed by atoms with van der Waals surface area (Å²) in [6.45, 7) is 3.88. The number of nitrogens with zero attached hydrogens (tertiary/aromatic N) is 1. The summed E-state index contributed by atoms with van der Waals surface area (Å²) in [5, 5.41) is 19.5. The molecule has 4 heteroatoms. The Hall–Kier alpha value is -0.190. The molecule has 0 aromatic carbocycles. The minimum absolute atomic E-state index is 0. The first kappa shape index (κ1) is 11.3. The van der Waals surface area contributed by atoms with Gasteiger partial charge in [0.1, 0.15) is 6.17 Å². The monoisotopic (exact) mass is 217 g/mol. The lowest BCUT2D eigenvalue weighted by Gasteiger charge is -2.38. The molecule has 3 atom stereocenters. The largest absolute Gasteiger partial charge is 0.394 e. The number of hydrogen-bond donors (Lipinski definition) is 2. The molecule has 2 aliphatic rings. The number of alkyl halides is 1. The molecule has 88 valence electrons. The minimum atomic E-state index is -0.859. The Bertz CT molecular complexity index is 253. The van der Waals surface area contributed by atoms with Crippen LogP contribution in [0.4, 0.5) is 4.39 Å². The second-order valence-electron chi connectivity index (χ2n) is 5.54. The molecule has 0 radical (unpaired) electrons. The van der Waals surface area contributed by atoms with Crippen LogP contribution < -0.4 is 0 Å². The van der Waals surface area contributed by atoms with Crippen LogP contribution in [0.15, 0.2) is 0 Å². The lowest BCUT2D eigenvalue weighted by molar-refractivity contribution is -0.0291. The van der Waals surface area contributed by atoms with Crippen molar-refractivity contribution in [2.75, 3.05) is 13.2 Å². The molecule has 0 bridgehead atoms. The first-order chi connectivity index (χ1) is 6.89. The Morgan fingerprint density at radius 2 is 2.20 bits per heavy atom. The zero-order chi connectivity index (χ0) is 11.3. The van der Waals surface area contributed by atoms with Gasteiger partial charge in [-0.3, -0.25) is 4.90 Å². The number of fused-ring (bicyclic) bond motifs is 1. The fourth-order valence-electron chi connectivity index (χ4n) is 3.23. The maximum Gasteiger partial charge on any atom is 0.115 e. The number of halogens is 1. The molecule has 15 heavy (non-hydrogen) atoms. The van der Waals surface area contributed by atoms with Crippen LogP contribution in [-0.2, 0) is 0 Å². The normalized spacial score (nSPS) is 42.2. The van der Waals surface area contributed by atoms with Gasteiger partial charge in [-0.2, -0.15) is 0 Å². The number of aliphatic hydroxyl groups excluding tert-OH is 1. The quantitative estimate of drug-likeness (QED) is 0.715. The molecule has 0 spiro atoms. The second kappa shape index (κ2) is 3.40. The Labute approximate surface area is 89.9 Å². The molecule has 0 aromatic heterocycles. The molecule has 2 fully saturated rings. The molecule has 2 aliphatic heterocycles. The van der Waals surface area contributed by atoms with Gasteiger partial charge in [-0.05, 0) is 26.7 Å². The third-order valence-corrected chi connectivity index (χ3v) is 3.97. The van der Waals surface area contributed by atoms with Crippen molar-refractivity contribution in [1.29, 1.82) is 0 Å².